The van der Waals surface area contributed by atoms with E-state index in [1.807, 2.05) is 17.5 Å². The first-order chi connectivity index (χ1) is 11.8. The molecule has 1 saturated heterocycles. The van der Waals surface area contributed by atoms with Crippen LogP contribution in [0, 0.1) is 6.92 Å². The number of rotatable bonds is 2. The van der Waals surface area contributed by atoms with Crippen LogP contribution in [0.1, 0.15) is 42.5 Å². The van der Waals surface area contributed by atoms with Gasteiger partial charge in [0.15, 0.2) is 11.5 Å². The molecule has 2 aliphatic rings. The lowest BCUT2D eigenvalue weighted by atomic mass is 10.0. The highest BCUT2D eigenvalue weighted by atomic mass is 15.4. The van der Waals surface area contributed by atoms with Gasteiger partial charge in [0.2, 0.25) is 0 Å². The van der Waals surface area contributed by atoms with Gasteiger partial charge in [0.25, 0.3) is 0 Å². The summed E-state index contributed by atoms with van der Waals surface area (Å²) in [5, 5.41) is 12.9. The summed E-state index contributed by atoms with van der Waals surface area (Å²) in [5.74, 6) is 1.83. The molecule has 124 valence electrons. The first-order valence-electron chi connectivity index (χ1n) is 8.78. The molecule has 7 nitrogen and oxygen atoms in total. The molecule has 0 radical (unpaired) electrons. The summed E-state index contributed by atoms with van der Waals surface area (Å²) in [7, 11) is 0. The maximum atomic E-state index is 4.71. The van der Waals surface area contributed by atoms with Crippen molar-refractivity contribution in [3.05, 3.63) is 35.7 Å². The lowest BCUT2D eigenvalue weighted by Gasteiger charge is -2.20. The number of fused-ring (bicyclic) bond motifs is 2. The Bertz CT molecular complexity index is 894. The van der Waals surface area contributed by atoms with Gasteiger partial charge in [0.05, 0.1) is 18.1 Å². The SMILES string of the molecule is Cc1nnc2ccc(N3CCC(n4cnc5c4CCCC5)C3)nn12. The molecule has 0 bridgehead atoms. The molecule has 1 unspecified atom stereocenters. The van der Waals surface area contributed by atoms with Crippen molar-refractivity contribution in [1.29, 1.82) is 0 Å². The fraction of sp³-hybridized carbons (Fsp3) is 0.529. The van der Waals surface area contributed by atoms with Crippen LogP contribution in [-0.4, -0.2) is 42.5 Å². The predicted octanol–water partition coefficient (Wildman–Crippen LogP) is 1.96. The van der Waals surface area contributed by atoms with E-state index in [1.165, 1.54) is 30.7 Å². The topological polar surface area (TPSA) is 64.1 Å². The van der Waals surface area contributed by atoms with Crippen LogP contribution in [0.25, 0.3) is 5.65 Å². The molecule has 0 saturated carbocycles. The Morgan fingerprint density at radius 1 is 1.12 bits per heavy atom. The summed E-state index contributed by atoms with van der Waals surface area (Å²) in [5.41, 5.74) is 3.58. The van der Waals surface area contributed by atoms with E-state index >= 15 is 0 Å². The predicted molar refractivity (Wildman–Crippen MR) is 90.3 cm³/mol. The van der Waals surface area contributed by atoms with Gasteiger partial charge in [0, 0.05) is 18.8 Å². The largest absolute Gasteiger partial charge is 0.353 e. The van der Waals surface area contributed by atoms with E-state index in [2.05, 4.69) is 37.0 Å². The molecule has 3 aromatic rings. The number of aryl methyl sites for hydroxylation is 2. The number of anilines is 1. The van der Waals surface area contributed by atoms with E-state index in [0.29, 0.717) is 6.04 Å². The maximum Gasteiger partial charge on any atom is 0.178 e. The fourth-order valence-electron chi connectivity index (χ4n) is 4.04. The molecule has 0 amide bonds. The van der Waals surface area contributed by atoms with E-state index in [9.17, 15) is 0 Å². The number of imidazole rings is 1. The van der Waals surface area contributed by atoms with Crippen LogP contribution < -0.4 is 4.90 Å². The molecule has 1 aliphatic carbocycles. The van der Waals surface area contributed by atoms with Crippen LogP contribution >= 0.6 is 0 Å². The van der Waals surface area contributed by atoms with Gasteiger partial charge in [-0.05, 0) is 51.2 Å². The average molecular weight is 323 g/mol. The highest BCUT2D eigenvalue weighted by Crippen LogP contribution is 2.30. The van der Waals surface area contributed by atoms with Crippen molar-refractivity contribution in [2.45, 2.75) is 45.1 Å². The van der Waals surface area contributed by atoms with Gasteiger partial charge in [-0.3, -0.25) is 0 Å². The smallest absolute Gasteiger partial charge is 0.178 e. The summed E-state index contributed by atoms with van der Waals surface area (Å²) in [4.78, 5) is 7.01. The van der Waals surface area contributed by atoms with Gasteiger partial charge in [-0.15, -0.1) is 15.3 Å². The Morgan fingerprint density at radius 3 is 3.00 bits per heavy atom. The normalized spacial score (nSPS) is 20.7. The van der Waals surface area contributed by atoms with Crippen LogP contribution in [0.15, 0.2) is 18.5 Å². The number of aromatic nitrogens is 6. The highest BCUT2D eigenvalue weighted by molar-refractivity contribution is 5.46. The van der Waals surface area contributed by atoms with Crippen LogP contribution in [0.3, 0.4) is 0 Å². The van der Waals surface area contributed by atoms with Crippen molar-refractivity contribution in [2.24, 2.45) is 0 Å². The van der Waals surface area contributed by atoms with Crippen LogP contribution in [0.4, 0.5) is 5.82 Å². The van der Waals surface area contributed by atoms with Crippen molar-refractivity contribution in [1.82, 2.24) is 29.4 Å². The number of hydrogen-bond acceptors (Lipinski definition) is 5. The molecule has 24 heavy (non-hydrogen) atoms. The second-order valence-corrected chi connectivity index (χ2v) is 6.85. The molecule has 1 fully saturated rings. The zero-order valence-electron chi connectivity index (χ0n) is 13.9. The van der Waals surface area contributed by atoms with E-state index in [0.717, 1.165) is 43.2 Å². The van der Waals surface area contributed by atoms with Crippen molar-refractivity contribution in [3.63, 3.8) is 0 Å². The lowest BCUT2D eigenvalue weighted by molar-refractivity contribution is 0.514. The molecule has 1 aliphatic heterocycles. The van der Waals surface area contributed by atoms with E-state index in [-0.39, 0.29) is 0 Å². The molecule has 5 rings (SSSR count). The minimum Gasteiger partial charge on any atom is -0.353 e. The molecule has 7 heteroatoms. The lowest BCUT2D eigenvalue weighted by Crippen LogP contribution is -2.23. The third kappa shape index (κ3) is 2.11. The molecule has 3 aromatic heterocycles. The minimum atomic E-state index is 0.499. The second-order valence-electron chi connectivity index (χ2n) is 6.85. The maximum absolute atomic E-state index is 4.71. The van der Waals surface area contributed by atoms with E-state index < -0.39 is 0 Å². The van der Waals surface area contributed by atoms with Gasteiger partial charge in [-0.1, -0.05) is 0 Å². The number of hydrogen-bond donors (Lipinski definition) is 0. The van der Waals surface area contributed by atoms with Crippen LogP contribution in [0.5, 0.6) is 0 Å². The van der Waals surface area contributed by atoms with E-state index in [4.69, 9.17) is 5.10 Å². The van der Waals surface area contributed by atoms with Crippen LogP contribution in [-0.2, 0) is 12.8 Å². The minimum absolute atomic E-state index is 0.499. The van der Waals surface area contributed by atoms with Crippen molar-refractivity contribution in [3.8, 4) is 0 Å². The van der Waals surface area contributed by atoms with Crippen LogP contribution in [0.2, 0.25) is 0 Å². The Balaban J connectivity index is 1.41. The first kappa shape index (κ1) is 13.9. The van der Waals surface area contributed by atoms with Gasteiger partial charge >= 0.3 is 0 Å². The summed E-state index contributed by atoms with van der Waals surface area (Å²) < 4.78 is 4.25. The number of nitrogens with zero attached hydrogens (tertiary/aromatic N) is 7. The Kier molecular flexibility index (Phi) is 3.08. The summed E-state index contributed by atoms with van der Waals surface area (Å²) in [6.45, 7) is 3.95. The summed E-state index contributed by atoms with van der Waals surface area (Å²) >= 11 is 0. The van der Waals surface area contributed by atoms with Crippen molar-refractivity contribution >= 4 is 11.5 Å². The molecule has 0 aromatic carbocycles. The second kappa shape index (κ2) is 5.29. The van der Waals surface area contributed by atoms with Gasteiger partial charge < -0.3 is 9.47 Å². The zero-order valence-corrected chi connectivity index (χ0v) is 13.9. The average Bonchev–Trinajstić information content (AvgIpc) is 3.33. The van der Waals surface area contributed by atoms with Crippen molar-refractivity contribution in [2.75, 3.05) is 18.0 Å². The first-order valence-corrected chi connectivity index (χ1v) is 8.78. The third-order valence-electron chi connectivity index (χ3n) is 5.35. The molecule has 0 N–H and O–H groups in total. The molecule has 0 spiro atoms. The van der Waals surface area contributed by atoms with Gasteiger partial charge in [0.1, 0.15) is 5.82 Å². The van der Waals surface area contributed by atoms with E-state index in [1.54, 1.807) is 0 Å². The van der Waals surface area contributed by atoms with Gasteiger partial charge in [-0.25, -0.2) is 4.98 Å². The van der Waals surface area contributed by atoms with Crippen molar-refractivity contribution < 1.29 is 0 Å². The monoisotopic (exact) mass is 323 g/mol. The molecule has 4 heterocycles. The summed E-state index contributed by atoms with van der Waals surface area (Å²) in [6.07, 6.45) is 8.09. The third-order valence-corrected chi connectivity index (χ3v) is 5.35. The highest BCUT2D eigenvalue weighted by Gasteiger charge is 2.28. The molecular formula is C17H21N7. The zero-order chi connectivity index (χ0) is 16.1. The Morgan fingerprint density at radius 2 is 2.04 bits per heavy atom. The Labute approximate surface area is 140 Å². The molecular weight excluding hydrogens is 302 g/mol. The quantitative estimate of drug-likeness (QED) is 0.721. The standard InChI is InChI=1S/C17H21N7/c1-12-19-20-16-6-7-17(21-24(12)16)22-9-8-13(10-22)23-11-18-14-4-2-3-5-15(14)23/h6-7,11,13H,2-5,8-10H2,1H3. The Hall–Kier alpha value is -2.44. The van der Waals surface area contributed by atoms with Gasteiger partial charge in [-0.2, -0.15) is 4.52 Å². The molecule has 1 atom stereocenters. The fourth-order valence-corrected chi connectivity index (χ4v) is 4.04. The summed E-state index contributed by atoms with van der Waals surface area (Å²) in [6, 6.07) is 4.54.